The lowest BCUT2D eigenvalue weighted by molar-refractivity contribution is 0.411. The minimum atomic E-state index is -1.54. The molecule has 0 aliphatic heterocycles. The molecule has 0 atom stereocenters. The molecule has 0 spiro atoms. The van der Waals surface area contributed by atoms with Crippen LogP contribution in [0, 0.1) is 4.79 Å². The van der Waals surface area contributed by atoms with Crippen molar-refractivity contribution in [2.75, 3.05) is 7.11 Å². The van der Waals surface area contributed by atoms with Gasteiger partial charge in [0.05, 0.1) is 0 Å². The van der Waals surface area contributed by atoms with Crippen LogP contribution >= 0.6 is 0 Å². The van der Waals surface area contributed by atoms with Gasteiger partial charge in [0.25, 0.3) is 0 Å². The van der Waals surface area contributed by atoms with Crippen molar-refractivity contribution in [3.8, 4) is 0 Å². The second-order valence-corrected chi connectivity index (χ2v) is 22.0. The van der Waals surface area contributed by atoms with Crippen LogP contribution in [0.3, 0.4) is 0 Å². The molecule has 14 heavy (non-hydrogen) atoms. The molecule has 0 aromatic rings. The summed E-state index contributed by atoms with van der Waals surface area (Å²) in [5, 5.41) is 0. The monoisotopic (exact) mass is 247 g/mol. The molecule has 0 aromatic heterocycles. The molecule has 0 unspecified atom stereocenters. The first-order valence-electron chi connectivity index (χ1n) is 5.36. The van der Waals surface area contributed by atoms with E-state index in [2.05, 4.69) is 52.4 Å². The third-order valence-corrected chi connectivity index (χ3v) is 20.4. The molecule has 86 valence electrons. The third kappa shape index (κ3) is 3.64. The second kappa shape index (κ2) is 4.23. The molecule has 4 heteroatoms. The quantitative estimate of drug-likeness (QED) is 0.544. The maximum atomic E-state index is 5.82. The Kier molecular flexibility index (Phi) is 4.42. The molecule has 0 aliphatic carbocycles. The Balaban J connectivity index is 5.14. The van der Waals surface area contributed by atoms with Gasteiger partial charge >= 0.3 is 0 Å². The molecular formula is C10H27OSi3-. The Morgan fingerprint density at radius 2 is 1.00 bits per heavy atom. The maximum Gasteiger partial charge on any atom is 0.0375 e. The summed E-state index contributed by atoms with van der Waals surface area (Å²) >= 11 is 0. The number of hydrogen-bond donors (Lipinski definition) is 0. The first kappa shape index (κ1) is 14.6. The highest BCUT2D eigenvalue weighted by atomic mass is 28.5. The van der Waals surface area contributed by atoms with E-state index >= 15 is 0 Å². The van der Waals surface area contributed by atoms with E-state index in [1.165, 1.54) is 0 Å². The van der Waals surface area contributed by atoms with E-state index in [0.717, 1.165) is 0 Å². The van der Waals surface area contributed by atoms with Crippen molar-refractivity contribution in [1.82, 2.24) is 0 Å². The van der Waals surface area contributed by atoms with E-state index in [0.29, 0.717) is 0 Å². The van der Waals surface area contributed by atoms with Gasteiger partial charge in [0, 0.05) is 15.4 Å². The number of hydrogen-bond acceptors (Lipinski definition) is 1. The van der Waals surface area contributed by atoms with Crippen LogP contribution in [0.15, 0.2) is 0 Å². The largest absolute Gasteiger partial charge is 0.452 e. The predicted octanol–water partition coefficient (Wildman–Crippen LogP) is 3.71. The molecule has 0 rings (SSSR count). The molecule has 0 heterocycles. The fraction of sp³-hybridized carbons (Fsp3) is 0.900. The lowest BCUT2D eigenvalue weighted by Crippen LogP contribution is -2.60. The molecule has 0 aliphatic rings. The summed E-state index contributed by atoms with van der Waals surface area (Å²) in [5.41, 5.74) is 0. The van der Waals surface area contributed by atoms with Crippen LogP contribution in [-0.2, 0) is 4.43 Å². The Morgan fingerprint density at radius 3 is 1.07 bits per heavy atom. The number of rotatable bonds is 4. The minimum Gasteiger partial charge on any atom is -0.452 e. The molecular weight excluding hydrogens is 220 g/mol. The zero-order valence-electron chi connectivity index (χ0n) is 11.4. The molecule has 0 amide bonds. The fourth-order valence-electron chi connectivity index (χ4n) is 3.03. The average Bonchev–Trinajstić information content (AvgIpc) is 1.79. The average molecular weight is 248 g/mol. The van der Waals surface area contributed by atoms with Gasteiger partial charge in [0.1, 0.15) is 0 Å². The Hall–Kier alpha value is 0.611. The second-order valence-electron chi connectivity index (χ2n) is 6.59. The minimum absolute atomic E-state index is 1.16. The van der Waals surface area contributed by atoms with Crippen LogP contribution in [0.25, 0.3) is 0 Å². The zero-order valence-corrected chi connectivity index (χ0v) is 14.4. The summed E-state index contributed by atoms with van der Waals surface area (Å²) in [6.45, 7) is 19.5. The molecule has 1 nitrogen and oxygen atoms in total. The van der Waals surface area contributed by atoms with Gasteiger partial charge in [-0.15, -0.1) is 0 Å². The first-order chi connectivity index (χ1) is 5.93. The van der Waals surface area contributed by atoms with Gasteiger partial charge in [0.2, 0.25) is 0 Å². The zero-order chi connectivity index (χ0) is 11.8. The molecule has 0 radical (unpaired) electrons. The SMILES string of the molecule is CO[Si](C)(C)[C-]([Si](C)(C)C)[Si](C)(C)C. The molecule has 0 saturated carbocycles. The smallest absolute Gasteiger partial charge is 0.0375 e. The van der Waals surface area contributed by atoms with E-state index in [1.54, 1.807) is 0 Å². The summed E-state index contributed by atoms with van der Waals surface area (Å²) in [6, 6.07) is 0. The van der Waals surface area contributed by atoms with Crippen molar-refractivity contribution >= 4 is 24.5 Å². The van der Waals surface area contributed by atoms with Crippen LogP contribution in [0.2, 0.25) is 52.4 Å². The van der Waals surface area contributed by atoms with Crippen molar-refractivity contribution < 1.29 is 4.43 Å². The molecule has 0 bridgehead atoms. The normalized spacial score (nSPS) is 15.0. The van der Waals surface area contributed by atoms with Crippen molar-refractivity contribution in [3.63, 3.8) is 0 Å². The Bertz CT molecular complexity index is 175. The van der Waals surface area contributed by atoms with Gasteiger partial charge < -0.3 is 4.43 Å². The molecule has 0 saturated heterocycles. The van der Waals surface area contributed by atoms with Crippen molar-refractivity contribution in [3.05, 3.63) is 4.79 Å². The summed E-state index contributed by atoms with van der Waals surface area (Å²) in [5.74, 6) is 0. The van der Waals surface area contributed by atoms with Crippen LogP contribution in [-0.4, -0.2) is 31.6 Å². The third-order valence-electron chi connectivity index (χ3n) is 2.61. The maximum absolute atomic E-state index is 5.82. The van der Waals surface area contributed by atoms with E-state index < -0.39 is 24.5 Å². The summed E-state index contributed by atoms with van der Waals surface area (Å²) in [4.78, 5) is 1.88. The van der Waals surface area contributed by atoms with Gasteiger partial charge in [-0.3, -0.25) is 4.79 Å². The topological polar surface area (TPSA) is 9.23 Å². The summed E-state index contributed by atoms with van der Waals surface area (Å²) < 4.78 is 5.82. The van der Waals surface area contributed by atoms with E-state index in [9.17, 15) is 0 Å². The van der Waals surface area contributed by atoms with E-state index in [1.807, 2.05) is 11.9 Å². The van der Waals surface area contributed by atoms with Crippen LogP contribution in [0.1, 0.15) is 0 Å². The van der Waals surface area contributed by atoms with Gasteiger partial charge in [-0.2, -0.15) is 0 Å². The van der Waals surface area contributed by atoms with Gasteiger partial charge in [-0.1, -0.05) is 68.5 Å². The van der Waals surface area contributed by atoms with Gasteiger partial charge in [0.15, 0.2) is 0 Å². The highest BCUT2D eigenvalue weighted by molar-refractivity contribution is 7.18. The lowest BCUT2D eigenvalue weighted by Gasteiger charge is -2.60. The van der Waals surface area contributed by atoms with Crippen LogP contribution < -0.4 is 0 Å². The molecule has 0 N–H and O–H groups in total. The van der Waals surface area contributed by atoms with E-state index in [-0.39, 0.29) is 0 Å². The van der Waals surface area contributed by atoms with Crippen LogP contribution in [0.4, 0.5) is 0 Å². The lowest BCUT2D eigenvalue weighted by atomic mass is 11.7. The fourth-order valence-corrected chi connectivity index (χ4v) is 27.3. The summed E-state index contributed by atoms with van der Waals surface area (Å²) in [7, 11) is -1.97. The van der Waals surface area contributed by atoms with Crippen molar-refractivity contribution in [1.29, 1.82) is 0 Å². The first-order valence-corrected chi connectivity index (χ1v) is 15.3. The van der Waals surface area contributed by atoms with Crippen molar-refractivity contribution in [2.45, 2.75) is 52.4 Å². The molecule has 0 aromatic carbocycles. The van der Waals surface area contributed by atoms with Gasteiger partial charge in [-0.25, -0.2) is 0 Å². The standard InChI is InChI=1S/C10H27OSi3/c1-11-14(8,9)10(12(2,3)4)13(5,6)7/h1-9H3/q-1. The highest BCUT2D eigenvalue weighted by Crippen LogP contribution is 2.36. The Morgan fingerprint density at radius 1 is 0.714 bits per heavy atom. The van der Waals surface area contributed by atoms with Crippen LogP contribution in [0.5, 0.6) is 0 Å². The van der Waals surface area contributed by atoms with Crippen molar-refractivity contribution in [2.24, 2.45) is 0 Å². The molecule has 0 fully saturated rings. The highest BCUT2D eigenvalue weighted by Gasteiger charge is 2.34. The van der Waals surface area contributed by atoms with E-state index in [4.69, 9.17) is 4.43 Å². The van der Waals surface area contributed by atoms with Gasteiger partial charge in [-0.05, 0) is 0 Å². The predicted molar refractivity (Wildman–Crippen MR) is 74.4 cm³/mol. The Labute approximate surface area is 93.4 Å². The summed E-state index contributed by atoms with van der Waals surface area (Å²) in [6.07, 6.45) is 0.